The third-order valence-corrected chi connectivity index (χ3v) is 2.91. The maximum atomic E-state index is 9.11. The van der Waals surface area contributed by atoms with Crippen molar-refractivity contribution < 1.29 is 5.11 Å². The fourth-order valence-corrected chi connectivity index (χ4v) is 1.99. The Hall–Kier alpha value is -1.79. The SMILES string of the molecule is N#Cc1ccc(-c2ccc(O)cc2)s1. The highest BCUT2D eigenvalue weighted by Gasteiger charge is 2.01. The molecule has 2 nitrogen and oxygen atoms in total. The predicted octanol–water partition coefficient (Wildman–Crippen LogP) is 2.99. The monoisotopic (exact) mass is 201 g/mol. The lowest BCUT2D eigenvalue weighted by Gasteiger charge is -1.96. The zero-order valence-electron chi connectivity index (χ0n) is 7.27. The fourth-order valence-electron chi connectivity index (χ4n) is 1.18. The van der Waals surface area contributed by atoms with Crippen LogP contribution in [0.3, 0.4) is 0 Å². The number of hydrogen-bond donors (Lipinski definition) is 1. The van der Waals surface area contributed by atoms with Gasteiger partial charge in [-0.3, -0.25) is 0 Å². The van der Waals surface area contributed by atoms with E-state index in [1.165, 1.54) is 11.3 Å². The Balaban J connectivity index is 2.40. The van der Waals surface area contributed by atoms with Crippen LogP contribution in [0.2, 0.25) is 0 Å². The van der Waals surface area contributed by atoms with E-state index in [0.29, 0.717) is 4.88 Å². The average Bonchev–Trinajstić information content (AvgIpc) is 2.67. The summed E-state index contributed by atoms with van der Waals surface area (Å²) >= 11 is 1.45. The van der Waals surface area contributed by atoms with Crippen molar-refractivity contribution in [2.24, 2.45) is 0 Å². The molecule has 0 saturated carbocycles. The van der Waals surface area contributed by atoms with Crippen LogP contribution in [0.4, 0.5) is 0 Å². The van der Waals surface area contributed by atoms with Gasteiger partial charge in [-0.25, -0.2) is 0 Å². The summed E-state index contributed by atoms with van der Waals surface area (Å²) in [5, 5.41) is 17.8. The first-order chi connectivity index (χ1) is 6.79. The summed E-state index contributed by atoms with van der Waals surface area (Å²) in [7, 11) is 0. The van der Waals surface area contributed by atoms with Gasteiger partial charge in [0.05, 0.1) is 0 Å². The highest BCUT2D eigenvalue weighted by atomic mass is 32.1. The smallest absolute Gasteiger partial charge is 0.115 e. The molecule has 1 aromatic heterocycles. The van der Waals surface area contributed by atoms with Crippen LogP contribution in [0.25, 0.3) is 10.4 Å². The molecule has 1 aromatic carbocycles. The Kier molecular flexibility index (Phi) is 2.21. The maximum Gasteiger partial charge on any atom is 0.115 e. The number of nitrogens with zero attached hydrogens (tertiary/aromatic N) is 1. The molecule has 1 N–H and O–H groups in total. The van der Waals surface area contributed by atoms with Gasteiger partial charge >= 0.3 is 0 Å². The minimum atomic E-state index is 0.255. The quantitative estimate of drug-likeness (QED) is 0.770. The number of rotatable bonds is 1. The van der Waals surface area contributed by atoms with E-state index in [4.69, 9.17) is 10.4 Å². The van der Waals surface area contributed by atoms with Crippen LogP contribution in [0, 0.1) is 11.3 Å². The van der Waals surface area contributed by atoms with Crippen molar-refractivity contribution in [1.82, 2.24) is 0 Å². The number of phenols is 1. The van der Waals surface area contributed by atoms with Gasteiger partial charge in [-0.1, -0.05) is 0 Å². The second-order valence-corrected chi connectivity index (χ2v) is 3.91. The second-order valence-electron chi connectivity index (χ2n) is 2.82. The largest absolute Gasteiger partial charge is 0.508 e. The molecular formula is C11H7NOS. The fraction of sp³-hybridized carbons (Fsp3) is 0. The van der Waals surface area contributed by atoms with E-state index in [2.05, 4.69) is 6.07 Å². The minimum Gasteiger partial charge on any atom is -0.508 e. The van der Waals surface area contributed by atoms with E-state index >= 15 is 0 Å². The Morgan fingerprint density at radius 3 is 2.36 bits per heavy atom. The summed E-state index contributed by atoms with van der Waals surface area (Å²) in [6.07, 6.45) is 0. The van der Waals surface area contributed by atoms with Crippen LogP contribution in [0.1, 0.15) is 4.88 Å². The number of nitriles is 1. The molecule has 0 unspecified atom stereocenters. The maximum absolute atomic E-state index is 9.11. The molecule has 0 aliphatic rings. The molecule has 0 bridgehead atoms. The van der Waals surface area contributed by atoms with Crippen LogP contribution in [-0.2, 0) is 0 Å². The first-order valence-corrected chi connectivity index (χ1v) is 4.90. The molecule has 14 heavy (non-hydrogen) atoms. The zero-order valence-corrected chi connectivity index (χ0v) is 8.08. The van der Waals surface area contributed by atoms with Crippen molar-refractivity contribution >= 4 is 11.3 Å². The van der Waals surface area contributed by atoms with Gasteiger partial charge in [0.15, 0.2) is 0 Å². The lowest BCUT2D eigenvalue weighted by atomic mass is 10.2. The summed E-state index contributed by atoms with van der Waals surface area (Å²) in [4.78, 5) is 1.75. The van der Waals surface area contributed by atoms with Gasteiger partial charge < -0.3 is 5.11 Å². The number of benzene rings is 1. The van der Waals surface area contributed by atoms with Crippen LogP contribution in [0.15, 0.2) is 36.4 Å². The van der Waals surface area contributed by atoms with E-state index < -0.39 is 0 Å². The summed E-state index contributed by atoms with van der Waals surface area (Å²) < 4.78 is 0. The molecule has 2 aromatic rings. The lowest BCUT2D eigenvalue weighted by molar-refractivity contribution is 0.475. The number of hydrogen-bond acceptors (Lipinski definition) is 3. The molecule has 1 heterocycles. The zero-order chi connectivity index (χ0) is 9.97. The van der Waals surface area contributed by atoms with Gasteiger partial charge in [0, 0.05) is 4.88 Å². The van der Waals surface area contributed by atoms with Crippen molar-refractivity contribution in [3.05, 3.63) is 41.3 Å². The van der Waals surface area contributed by atoms with Gasteiger partial charge in [-0.2, -0.15) is 5.26 Å². The molecule has 0 spiro atoms. The van der Waals surface area contributed by atoms with Crippen LogP contribution in [-0.4, -0.2) is 5.11 Å². The molecule has 0 radical (unpaired) electrons. The number of aromatic hydroxyl groups is 1. The standard InChI is InChI=1S/C11H7NOS/c12-7-10-5-6-11(14-10)8-1-3-9(13)4-2-8/h1-6,13H. The molecule has 2 rings (SSSR count). The van der Waals surface area contributed by atoms with Crippen molar-refractivity contribution in [3.63, 3.8) is 0 Å². The van der Waals surface area contributed by atoms with Crippen LogP contribution in [0.5, 0.6) is 5.75 Å². The molecule has 0 fully saturated rings. The Labute approximate surface area is 85.7 Å². The molecule has 3 heteroatoms. The first kappa shape index (κ1) is 8.79. The molecule has 0 saturated heterocycles. The van der Waals surface area contributed by atoms with Crippen molar-refractivity contribution in [2.75, 3.05) is 0 Å². The average molecular weight is 201 g/mol. The van der Waals surface area contributed by atoms with E-state index in [9.17, 15) is 0 Å². The van der Waals surface area contributed by atoms with E-state index in [1.54, 1.807) is 18.2 Å². The van der Waals surface area contributed by atoms with E-state index in [0.717, 1.165) is 10.4 Å². The van der Waals surface area contributed by atoms with Gasteiger partial charge in [0.1, 0.15) is 16.7 Å². The Morgan fingerprint density at radius 1 is 1.07 bits per heavy atom. The topological polar surface area (TPSA) is 44.0 Å². The molecular weight excluding hydrogens is 194 g/mol. The normalized spacial score (nSPS) is 9.64. The van der Waals surface area contributed by atoms with Gasteiger partial charge in [-0.05, 0) is 42.0 Å². The third-order valence-electron chi connectivity index (χ3n) is 1.87. The van der Waals surface area contributed by atoms with Gasteiger partial charge in [-0.15, -0.1) is 11.3 Å². The summed E-state index contributed by atoms with van der Waals surface area (Å²) in [6.45, 7) is 0. The van der Waals surface area contributed by atoms with E-state index in [1.807, 2.05) is 18.2 Å². The number of thiophene rings is 1. The number of phenolic OH excluding ortho intramolecular Hbond substituents is 1. The van der Waals surface area contributed by atoms with Crippen molar-refractivity contribution in [2.45, 2.75) is 0 Å². The molecule has 0 amide bonds. The molecule has 0 aliphatic heterocycles. The highest BCUT2D eigenvalue weighted by molar-refractivity contribution is 7.16. The van der Waals surface area contributed by atoms with Crippen molar-refractivity contribution in [3.8, 4) is 22.3 Å². The van der Waals surface area contributed by atoms with Gasteiger partial charge in [0.2, 0.25) is 0 Å². The Morgan fingerprint density at radius 2 is 1.79 bits per heavy atom. The molecule has 0 aliphatic carbocycles. The lowest BCUT2D eigenvalue weighted by Crippen LogP contribution is -1.69. The van der Waals surface area contributed by atoms with Gasteiger partial charge in [0.25, 0.3) is 0 Å². The van der Waals surface area contributed by atoms with Crippen LogP contribution >= 0.6 is 11.3 Å². The summed E-state index contributed by atoms with van der Waals surface area (Å²) in [6, 6.07) is 12.8. The minimum absolute atomic E-state index is 0.255. The highest BCUT2D eigenvalue weighted by Crippen LogP contribution is 2.28. The molecule has 0 atom stereocenters. The van der Waals surface area contributed by atoms with Crippen LogP contribution < -0.4 is 0 Å². The van der Waals surface area contributed by atoms with E-state index in [-0.39, 0.29) is 5.75 Å². The first-order valence-electron chi connectivity index (χ1n) is 4.09. The summed E-state index contributed by atoms with van der Waals surface area (Å²) in [5.41, 5.74) is 1.02. The second kappa shape index (κ2) is 3.52. The molecule has 68 valence electrons. The van der Waals surface area contributed by atoms with Crippen molar-refractivity contribution in [1.29, 1.82) is 5.26 Å². The predicted molar refractivity (Wildman–Crippen MR) is 56.1 cm³/mol. The third kappa shape index (κ3) is 1.61. The summed E-state index contributed by atoms with van der Waals surface area (Å²) in [5.74, 6) is 0.255. The Bertz CT molecular complexity index is 479.